The minimum atomic E-state index is -1.23. The Morgan fingerprint density at radius 2 is 2.18 bits per heavy atom. The lowest BCUT2D eigenvalue weighted by Gasteiger charge is -2.36. The molecule has 3 atom stereocenters. The number of hydrogen-bond acceptors (Lipinski definition) is 9. The number of esters is 1. The number of benzene rings is 1. The van der Waals surface area contributed by atoms with Crippen molar-refractivity contribution in [3.05, 3.63) is 61.9 Å². The van der Waals surface area contributed by atoms with Crippen molar-refractivity contribution < 1.29 is 33.0 Å². The number of thiazole rings is 1. The SMILES string of the molecule is CCOC(=O)C1=C(CN2CCC(COCC(=O)O)C(F)C2)NC(c2nccs2)=N[C@H]1c1ccc(F)cc1Br. The van der Waals surface area contributed by atoms with Crippen molar-refractivity contribution in [1.29, 1.82) is 0 Å². The molecule has 0 spiro atoms. The van der Waals surface area contributed by atoms with Crippen LogP contribution in [0.25, 0.3) is 0 Å². The molecule has 1 aromatic heterocycles. The van der Waals surface area contributed by atoms with Gasteiger partial charge in [0.05, 0.1) is 18.8 Å². The summed E-state index contributed by atoms with van der Waals surface area (Å²) in [5, 5.41) is 14.4. The number of ether oxygens (including phenoxy) is 2. The van der Waals surface area contributed by atoms with E-state index in [0.717, 1.165) is 0 Å². The highest BCUT2D eigenvalue weighted by atomic mass is 79.9. The van der Waals surface area contributed by atoms with Gasteiger partial charge in [-0.3, -0.25) is 9.89 Å². The van der Waals surface area contributed by atoms with Crippen LogP contribution in [0.3, 0.4) is 0 Å². The number of carboxylic acid groups (broad SMARTS) is 1. The minimum Gasteiger partial charge on any atom is -0.480 e. The van der Waals surface area contributed by atoms with Crippen LogP contribution >= 0.6 is 27.3 Å². The third-order valence-corrected chi connectivity index (χ3v) is 7.68. The van der Waals surface area contributed by atoms with Crippen LogP contribution in [0.5, 0.6) is 0 Å². The summed E-state index contributed by atoms with van der Waals surface area (Å²) in [4.78, 5) is 34.9. The number of rotatable bonds is 10. The van der Waals surface area contributed by atoms with Crippen LogP contribution in [0, 0.1) is 11.7 Å². The molecule has 2 aliphatic heterocycles. The molecule has 1 aromatic carbocycles. The van der Waals surface area contributed by atoms with E-state index in [4.69, 9.17) is 19.6 Å². The van der Waals surface area contributed by atoms with Crippen LogP contribution in [0.15, 0.2) is 50.5 Å². The smallest absolute Gasteiger partial charge is 0.338 e. The molecule has 2 N–H and O–H groups in total. The van der Waals surface area contributed by atoms with Crippen molar-refractivity contribution in [3.8, 4) is 0 Å². The molecule has 0 bridgehead atoms. The number of likely N-dealkylation sites (tertiary alicyclic amines) is 1. The Labute approximate surface area is 230 Å². The van der Waals surface area contributed by atoms with Gasteiger partial charge in [-0.25, -0.2) is 23.4 Å². The average molecular weight is 613 g/mol. The standard InChI is InChI=1S/C25H27BrF2N4O5S/c1-2-37-25(35)21-19(11-32-7-5-14(18(28)10-32)12-36-13-20(33)34)30-23(24-29-6-8-38-24)31-22(21)16-4-3-15(27)9-17(16)26/h3-4,6,8-9,14,18,22H,2,5,7,10-13H2,1H3,(H,30,31)(H,33,34)/t14?,18?,22-/m0/s1. The summed E-state index contributed by atoms with van der Waals surface area (Å²) < 4.78 is 39.8. The number of carboxylic acids is 1. The van der Waals surface area contributed by atoms with Gasteiger partial charge in [0.15, 0.2) is 10.8 Å². The molecule has 38 heavy (non-hydrogen) atoms. The summed E-state index contributed by atoms with van der Waals surface area (Å²) in [6.45, 7) is 2.20. The van der Waals surface area contributed by atoms with Gasteiger partial charge in [-0.05, 0) is 37.6 Å². The first-order chi connectivity index (χ1) is 18.3. The molecule has 2 aromatic rings. The summed E-state index contributed by atoms with van der Waals surface area (Å²) in [7, 11) is 0. The van der Waals surface area contributed by atoms with Gasteiger partial charge >= 0.3 is 11.9 Å². The van der Waals surface area contributed by atoms with Gasteiger partial charge < -0.3 is 19.9 Å². The number of carbonyl (C=O) groups is 2. The van der Waals surface area contributed by atoms with E-state index in [1.54, 1.807) is 24.6 Å². The number of carbonyl (C=O) groups excluding carboxylic acids is 1. The molecule has 1 saturated heterocycles. The van der Waals surface area contributed by atoms with Gasteiger partial charge in [-0.1, -0.05) is 22.0 Å². The Bertz CT molecular complexity index is 1230. The molecule has 9 nitrogen and oxygen atoms in total. The van der Waals surface area contributed by atoms with Crippen molar-refractivity contribution in [2.24, 2.45) is 10.9 Å². The number of nitrogens with one attached hydrogen (secondary N) is 1. The van der Waals surface area contributed by atoms with Gasteiger partial charge in [0.2, 0.25) is 0 Å². The van der Waals surface area contributed by atoms with Crippen molar-refractivity contribution in [3.63, 3.8) is 0 Å². The summed E-state index contributed by atoms with van der Waals surface area (Å²) in [6.07, 6.45) is 0.868. The van der Waals surface area contributed by atoms with Gasteiger partial charge in [0.25, 0.3) is 0 Å². The lowest BCUT2D eigenvalue weighted by atomic mass is 9.93. The molecule has 204 valence electrons. The number of hydrogen-bond donors (Lipinski definition) is 2. The van der Waals surface area contributed by atoms with E-state index >= 15 is 4.39 Å². The predicted molar refractivity (Wildman–Crippen MR) is 140 cm³/mol. The first kappa shape index (κ1) is 28.3. The molecule has 1 fully saturated rings. The molecular formula is C25H27BrF2N4O5S. The van der Waals surface area contributed by atoms with Gasteiger partial charge in [-0.2, -0.15) is 0 Å². The van der Waals surface area contributed by atoms with Crippen LogP contribution in [0.1, 0.15) is 30.0 Å². The summed E-state index contributed by atoms with van der Waals surface area (Å²) >= 11 is 4.77. The van der Waals surface area contributed by atoms with Crippen molar-refractivity contribution in [2.75, 3.05) is 39.5 Å². The number of halogens is 3. The molecule has 0 radical (unpaired) electrons. The average Bonchev–Trinajstić information content (AvgIpc) is 3.40. The number of piperidine rings is 1. The van der Waals surface area contributed by atoms with Gasteiger partial charge in [-0.15, -0.1) is 11.3 Å². The fraction of sp³-hybridized carbons (Fsp3) is 0.440. The highest BCUT2D eigenvalue weighted by Gasteiger charge is 2.36. The Hall–Kier alpha value is -2.74. The van der Waals surface area contributed by atoms with Gasteiger partial charge in [0, 0.05) is 40.8 Å². The van der Waals surface area contributed by atoms with Crippen LogP contribution < -0.4 is 5.32 Å². The molecule has 0 aliphatic carbocycles. The van der Waals surface area contributed by atoms with Crippen LogP contribution in [-0.4, -0.2) is 78.4 Å². The predicted octanol–water partition coefficient (Wildman–Crippen LogP) is 3.71. The number of nitrogens with zero attached hydrogens (tertiary/aromatic N) is 3. The van der Waals surface area contributed by atoms with E-state index in [-0.39, 0.29) is 31.9 Å². The highest BCUT2D eigenvalue weighted by Crippen LogP contribution is 2.37. The zero-order chi connectivity index (χ0) is 27.2. The summed E-state index contributed by atoms with van der Waals surface area (Å²) in [6, 6.07) is 3.36. The number of aromatic nitrogens is 1. The number of alkyl halides is 1. The van der Waals surface area contributed by atoms with E-state index in [9.17, 15) is 14.0 Å². The van der Waals surface area contributed by atoms with Crippen LogP contribution in [0.4, 0.5) is 8.78 Å². The number of aliphatic imine (C=N–C) groups is 1. The maximum atomic E-state index is 15.0. The number of amidine groups is 1. The molecule has 0 saturated carbocycles. The topological polar surface area (TPSA) is 113 Å². The molecule has 2 aliphatic rings. The first-order valence-corrected chi connectivity index (χ1v) is 13.7. The van der Waals surface area contributed by atoms with E-state index in [2.05, 4.69) is 26.2 Å². The third-order valence-electron chi connectivity index (χ3n) is 6.21. The summed E-state index contributed by atoms with van der Waals surface area (Å²) in [5.74, 6) is -2.09. The quantitative estimate of drug-likeness (QED) is 0.390. The molecule has 3 heterocycles. The van der Waals surface area contributed by atoms with E-state index in [1.165, 1.54) is 23.5 Å². The fourth-order valence-corrected chi connectivity index (χ4v) is 5.59. The van der Waals surface area contributed by atoms with Crippen LogP contribution in [0.2, 0.25) is 0 Å². The highest BCUT2D eigenvalue weighted by molar-refractivity contribution is 9.10. The first-order valence-electron chi connectivity index (χ1n) is 12.0. The normalized spacial score (nSPS) is 22.1. The molecule has 4 rings (SSSR count). The fourth-order valence-electron chi connectivity index (χ4n) is 4.44. The molecule has 2 unspecified atom stereocenters. The zero-order valence-corrected chi connectivity index (χ0v) is 22.9. The lowest BCUT2D eigenvalue weighted by molar-refractivity contribution is -0.143. The van der Waals surface area contributed by atoms with E-state index in [1.807, 2.05) is 4.90 Å². The Morgan fingerprint density at radius 1 is 1.37 bits per heavy atom. The van der Waals surface area contributed by atoms with E-state index < -0.39 is 42.5 Å². The summed E-state index contributed by atoms with van der Waals surface area (Å²) in [5.41, 5.74) is 1.32. The van der Waals surface area contributed by atoms with Crippen LogP contribution in [-0.2, 0) is 19.1 Å². The third kappa shape index (κ3) is 6.82. The number of aliphatic carboxylic acids is 1. The maximum absolute atomic E-state index is 15.0. The largest absolute Gasteiger partial charge is 0.480 e. The van der Waals surface area contributed by atoms with Gasteiger partial charge in [0.1, 0.15) is 24.6 Å². The Morgan fingerprint density at radius 3 is 2.84 bits per heavy atom. The molecular weight excluding hydrogens is 586 g/mol. The van der Waals surface area contributed by atoms with Crippen molar-refractivity contribution in [2.45, 2.75) is 25.6 Å². The second kappa shape index (κ2) is 12.9. The van der Waals surface area contributed by atoms with Crippen molar-refractivity contribution in [1.82, 2.24) is 15.2 Å². The van der Waals surface area contributed by atoms with E-state index in [0.29, 0.717) is 39.5 Å². The zero-order valence-electron chi connectivity index (χ0n) is 20.5. The second-order valence-corrected chi connectivity index (χ2v) is 10.6. The second-order valence-electron chi connectivity index (χ2n) is 8.83. The molecule has 0 amide bonds. The minimum absolute atomic E-state index is 0.0256. The molecule has 13 heteroatoms. The lowest BCUT2D eigenvalue weighted by Crippen LogP contribution is -2.47. The Kier molecular flexibility index (Phi) is 9.58. The Balaban J connectivity index is 1.64. The van der Waals surface area contributed by atoms with Crippen molar-refractivity contribution >= 4 is 45.0 Å². The monoisotopic (exact) mass is 612 g/mol. The maximum Gasteiger partial charge on any atom is 0.338 e.